The number of fused-ring (bicyclic) bond motifs is 1. The van der Waals surface area contributed by atoms with Crippen molar-refractivity contribution in [1.29, 1.82) is 0 Å². The number of carboxylic acids is 1. The predicted octanol–water partition coefficient (Wildman–Crippen LogP) is 5.51. The van der Waals surface area contributed by atoms with Crippen molar-refractivity contribution in [2.75, 3.05) is 11.5 Å². The zero-order valence-corrected chi connectivity index (χ0v) is 22.7. The van der Waals surface area contributed by atoms with E-state index in [9.17, 15) is 27.5 Å². The Morgan fingerprint density at radius 2 is 1.61 bits per heavy atom. The normalized spacial score (nSPS) is 17.5. The number of rotatable bonds is 7. The molecule has 4 N–H and O–H groups in total. The topological polar surface area (TPSA) is 150 Å². The van der Waals surface area contributed by atoms with E-state index >= 15 is 0 Å². The molecule has 0 amide bonds. The Hall–Kier alpha value is -3.80. The van der Waals surface area contributed by atoms with E-state index in [0.29, 0.717) is 18.3 Å². The van der Waals surface area contributed by atoms with Crippen molar-refractivity contribution in [3.8, 4) is 5.69 Å². The number of carbonyl (C=O) groups is 1. The van der Waals surface area contributed by atoms with Crippen LogP contribution in [0.1, 0.15) is 42.7 Å². The lowest BCUT2D eigenvalue weighted by Crippen LogP contribution is -2.21. The zero-order valence-electron chi connectivity index (χ0n) is 21.8. The predicted molar refractivity (Wildman–Crippen MR) is 146 cm³/mol. The third kappa shape index (κ3) is 8.35. The second-order valence-corrected chi connectivity index (χ2v) is 11.5. The fourth-order valence-electron chi connectivity index (χ4n) is 4.86. The number of alkyl halides is 3. The summed E-state index contributed by atoms with van der Waals surface area (Å²) < 4.78 is 45.0. The number of hydrogen-bond acceptors (Lipinski definition) is 6. The van der Waals surface area contributed by atoms with E-state index in [2.05, 4.69) is 56.7 Å². The van der Waals surface area contributed by atoms with Crippen LogP contribution in [-0.2, 0) is 15.9 Å². The maximum atomic E-state index is 11.3. The molecule has 5 rings (SSSR count). The second kappa shape index (κ2) is 12.8. The number of hydrogen-bond donors (Lipinski definition) is 4. The Labute approximate surface area is 233 Å². The van der Waals surface area contributed by atoms with Gasteiger partial charge >= 0.3 is 19.7 Å². The van der Waals surface area contributed by atoms with Gasteiger partial charge in [0.15, 0.2) is 17.0 Å². The van der Waals surface area contributed by atoms with Gasteiger partial charge in [0.2, 0.25) is 0 Å². The SMILES string of the molecule is O=C(O)C(F)(F)F.O=P(O)(O)CC1CCC(c2ccc(-n3cnc4c(NCc5ccccc5)ncnc43)cc2)CC1. The molecule has 41 heavy (non-hydrogen) atoms. The molecule has 0 aliphatic heterocycles. The van der Waals surface area contributed by atoms with Crippen LogP contribution in [0.5, 0.6) is 0 Å². The molecule has 0 bridgehead atoms. The molecule has 0 radical (unpaired) electrons. The smallest absolute Gasteiger partial charge is 0.475 e. The van der Waals surface area contributed by atoms with Crippen LogP contribution in [0.25, 0.3) is 16.9 Å². The minimum absolute atomic E-state index is 0.0103. The van der Waals surface area contributed by atoms with E-state index in [0.717, 1.165) is 42.5 Å². The van der Waals surface area contributed by atoms with Crippen molar-refractivity contribution in [3.05, 3.63) is 78.4 Å². The van der Waals surface area contributed by atoms with Crippen LogP contribution < -0.4 is 5.32 Å². The van der Waals surface area contributed by atoms with E-state index < -0.39 is 19.7 Å². The molecule has 1 aliphatic carbocycles. The van der Waals surface area contributed by atoms with E-state index in [1.165, 1.54) is 11.1 Å². The third-order valence-electron chi connectivity index (χ3n) is 6.86. The minimum Gasteiger partial charge on any atom is -0.475 e. The molecule has 14 heteroatoms. The number of halogens is 3. The molecule has 1 fully saturated rings. The summed E-state index contributed by atoms with van der Waals surface area (Å²) in [5.41, 5.74) is 4.89. The number of nitrogens with one attached hydrogen (secondary N) is 1. The molecule has 0 unspecified atom stereocenters. The summed E-state index contributed by atoms with van der Waals surface area (Å²) in [4.78, 5) is 40.8. The largest absolute Gasteiger partial charge is 0.490 e. The summed E-state index contributed by atoms with van der Waals surface area (Å²) in [7, 11) is -3.93. The number of aromatic nitrogens is 4. The fraction of sp³-hybridized carbons (Fsp3) is 0.333. The van der Waals surface area contributed by atoms with Gasteiger partial charge in [-0.1, -0.05) is 42.5 Å². The first-order valence-corrected chi connectivity index (χ1v) is 14.6. The summed E-state index contributed by atoms with van der Waals surface area (Å²) in [6, 6.07) is 18.6. The van der Waals surface area contributed by atoms with Gasteiger partial charge in [0, 0.05) is 12.2 Å². The summed E-state index contributed by atoms with van der Waals surface area (Å²) in [5.74, 6) is -1.50. The van der Waals surface area contributed by atoms with E-state index in [1.807, 2.05) is 22.8 Å². The molecule has 218 valence electrons. The molecule has 0 atom stereocenters. The molecule has 1 aliphatic rings. The van der Waals surface area contributed by atoms with Crippen molar-refractivity contribution in [2.24, 2.45) is 5.92 Å². The summed E-state index contributed by atoms with van der Waals surface area (Å²) >= 11 is 0. The van der Waals surface area contributed by atoms with Gasteiger partial charge in [-0.2, -0.15) is 13.2 Å². The number of anilines is 1. The average Bonchev–Trinajstić information content (AvgIpc) is 3.37. The van der Waals surface area contributed by atoms with Gasteiger partial charge < -0.3 is 20.2 Å². The van der Waals surface area contributed by atoms with Crippen LogP contribution in [0.15, 0.2) is 67.3 Å². The molecular formula is C27H29F3N5O5P. The Bertz CT molecular complexity index is 1500. The molecule has 0 saturated heterocycles. The quantitative estimate of drug-likeness (QED) is 0.204. The molecule has 2 heterocycles. The van der Waals surface area contributed by atoms with Gasteiger partial charge in [0.25, 0.3) is 0 Å². The first-order valence-electron chi connectivity index (χ1n) is 12.8. The highest BCUT2D eigenvalue weighted by molar-refractivity contribution is 7.51. The number of benzene rings is 2. The molecule has 1 saturated carbocycles. The van der Waals surface area contributed by atoms with Crippen LogP contribution in [0.2, 0.25) is 0 Å². The minimum atomic E-state index is -5.08. The van der Waals surface area contributed by atoms with Gasteiger partial charge in [-0.15, -0.1) is 0 Å². The zero-order chi connectivity index (χ0) is 29.6. The molecule has 10 nitrogen and oxygen atoms in total. The first kappa shape index (κ1) is 30.2. The van der Waals surface area contributed by atoms with Crippen LogP contribution in [0.3, 0.4) is 0 Å². The maximum Gasteiger partial charge on any atom is 0.490 e. The molecular weight excluding hydrogens is 562 g/mol. The fourth-order valence-corrected chi connectivity index (χ4v) is 5.89. The number of aliphatic carboxylic acids is 1. The van der Waals surface area contributed by atoms with Crippen molar-refractivity contribution in [3.63, 3.8) is 0 Å². The number of imidazole rings is 1. The lowest BCUT2D eigenvalue weighted by atomic mass is 9.79. The average molecular weight is 592 g/mol. The highest BCUT2D eigenvalue weighted by Gasteiger charge is 2.38. The molecule has 4 aromatic rings. The van der Waals surface area contributed by atoms with Crippen LogP contribution >= 0.6 is 7.60 Å². The van der Waals surface area contributed by atoms with Crippen molar-refractivity contribution in [2.45, 2.75) is 44.3 Å². The third-order valence-corrected chi connectivity index (χ3v) is 7.86. The van der Waals surface area contributed by atoms with Crippen molar-refractivity contribution < 1.29 is 37.4 Å². The number of nitrogens with zero attached hydrogens (tertiary/aromatic N) is 4. The van der Waals surface area contributed by atoms with Crippen LogP contribution in [0.4, 0.5) is 19.0 Å². The number of carboxylic acid groups (broad SMARTS) is 1. The first-order chi connectivity index (χ1) is 19.4. The Morgan fingerprint density at radius 3 is 2.20 bits per heavy atom. The Morgan fingerprint density at radius 1 is 0.976 bits per heavy atom. The Kier molecular flexibility index (Phi) is 9.42. The standard InChI is InChI=1S/C25H28N5O3P.C2HF3O2/c31-34(32,33)15-19-6-8-20(9-7-19)21-10-12-22(13-11-21)30-17-29-23-24(27-16-28-25(23)30)26-14-18-4-2-1-3-5-18;3-2(4,5)1(6)7/h1-5,10-13,16-17,19-20H,6-9,14-15H2,(H,26,27,28)(H2,31,32,33);(H,6,7). The van der Waals surface area contributed by atoms with Crippen molar-refractivity contribution >= 4 is 30.5 Å². The van der Waals surface area contributed by atoms with Gasteiger partial charge in [-0.25, -0.2) is 19.7 Å². The van der Waals surface area contributed by atoms with Gasteiger partial charge in [-0.3, -0.25) is 9.13 Å². The summed E-state index contributed by atoms with van der Waals surface area (Å²) in [6.45, 7) is 0.658. The highest BCUT2D eigenvalue weighted by atomic mass is 31.2. The van der Waals surface area contributed by atoms with E-state index in [4.69, 9.17) is 9.90 Å². The van der Waals surface area contributed by atoms with Gasteiger partial charge in [0.1, 0.15) is 12.7 Å². The molecule has 2 aromatic heterocycles. The van der Waals surface area contributed by atoms with E-state index in [-0.39, 0.29) is 12.1 Å². The summed E-state index contributed by atoms with van der Waals surface area (Å²) in [5, 5.41) is 10.5. The highest BCUT2D eigenvalue weighted by Crippen LogP contribution is 2.44. The van der Waals surface area contributed by atoms with Crippen molar-refractivity contribution in [1.82, 2.24) is 19.5 Å². The maximum absolute atomic E-state index is 11.3. The van der Waals surface area contributed by atoms with Gasteiger partial charge in [0.05, 0.1) is 6.16 Å². The van der Waals surface area contributed by atoms with Gasteiger partial charge in [-0.05, 0) is 60.8 Å². The molecule has 2 aromatic carbocycles. The second-order valence-electron chi connectivity index (χ2n) is 9.81. The van der Waals surface area contributed by atoms with Crippen LogP contribution in [0, 0.1) is 5.92 Å². The van der Waals surface area contributed by atoms with E-state index in [1.54, 1.807) is 12.7 Å². The summed E-state index contributed by atoms with van der Waals surface area (Å²) in [6.07, 6.45) is 1.89. The lowest BCUT2D eigenvalue weighted by Gasteiger charge is -2.29. The monoisotopic (exact) mass is 591 g/mol. The Balaban J connectivity index is 0.000000493. The molecule has 0 spiro atoms. The van der Waals surface area contributed by atoms with Crippen LogP contribution in [-0.4, -0.2) is 52.7 Å². The lowest BCUT2D eigenvalue weighted by molar-refractivity contribution is -0.192.